The van der Waals surface area contributed by atoms with Crippen LogP contribution in [0.1, 0.15) is 27.2 Å². The maximum absolute atomic E-state index is 11.4. The number of carbonyl (C=O) groups is 1. The minimum Gasteiger partial charge on any atom is -0.447 e. The van der Waals surface area contributed by atoms with E-state index in [9.17, 15) is 4.79 Å². The van der Waals surface area contributed by atoms with Gasteiger partial charge in [0.25, 0.3) is 0 Å². The Hall–Kier alpha value is -0.250. The van der Waals surface area contributed by atoms with Crippen LogP contribution in [0.3, 0.4) is 0 Å². The number of hydrogen-bond donors (Lipinski definition) is 0. The molecule has 0 N–H and O–H groups in total. The van der Waals surface area contributed by atoms with Crippen molar-refractivity contribution < 1.29 is 9.53 Å². The van der Waals surface area contributed by atoms with Gasteiger partial charge in [0.15, 0.2) is 0 Å². The van der Waals surface area contributed by atoms with Gasteiger partial charge in [0.1, 0.15) is 0 Å². The van der Waals surface area contributed by atoms with Crippen LogP contribution in [-0.4, -0.2) is 35.5 Å². The zero-order valence-electron chi connectivity index (χ0n) is 8.71. The molecule has 0 saturated carbocycles. The summed E-state index contributed by atoms with van der Waals surface area (Å²) in [4.78, 5) is 13.0. The molecular weight excluding hydrogens is 234 g/mol. The molecule has 0 bridgehead atoms. The van der Waals surface area contributed by atoms with E-state index >= 15 is 0 Å². The average Bonchev–Trinajstić information content (AvgIpc) is 2.02. The summed E-state index contributed by atoms with van der Waals surface area (Å²) >= 11 is 3.34. The van der Waals surface area contributed by atoms with Crippen molar-refractivity contribution in [3.63, 3.8) is 0 Å². The molecule has 0 radical (unpaired) electrons. The number of halogens is 1. The highest BCUT2D eigenvalue weighted by Gasteiger charge is 2.16. The molecule has 1 amide bonds. The first-order chi connectivity index (χ1) is 5.99. The molecule has 0 spiro atoms. The van der Waals surface area contributed by atoms with Crippen LogP contribution in [0.15, 0.2) is 0 Å². The van der Waals surface area contributed by atoms with Crippen molar-refractivity contribution in [3.05, 3.63) is 0 Å². The van der Waals surface area contributed by atoms with E-state index in [1.165, 1.54) is 0 Å². The summed E-state index contributed by atoms with van der Waals surface area (Å²) in [5.74, 6) is 0. The molecule has 1 unspecified atom stereocenters. The molecular formula is C9H18BrNO2. The fourth-order valence-corrected chi connectivity index (χ4v) is 1.48. The Morgan fingerprint density at radius 2 is 2.00 bits per heavy atom. The molecule has 0 aliphatic carbocycles. The van der Waals surface area contributed by atoms with E-state index in [0.29, 0.717) is 0 Å². The van der Waals surface area contributed by atoms with Crippen molar-refractivity contribution >= 4 is 22.0 Å². The maximum atomic E-state index is 11.4. The van der Waals surface area contributed by atoms with Crippen molar-refractivity contribution in [2.24, 2.45) is 0 Å². The Balaban J connectivity index is 3.93. The lowest BCUT2D eigenvalue weighted by atomic mass is 10.2. The lowest BCUT2D eigenvalue weighted by Crippen LogP contribution is -2.36. The van der Waals surface area contributed by atoms with Gasteiger partial charge in [-0.1, -0.05) is 15.9 Å². The molecule has 3 nitrogen and oxygen atoms in total. The largest absolute Gasteiger partial charge is 0.447 e. The topological polar surface area (TPSA) is 29.5 Å². The van der Waals surface area contributed by atoms with E-state index in [-0.39, 0.29) is 18.2 Å². The number of ether oxygens (including phenoxy) is 1. The number of alkyl halides is 1. The monoisotopic (exact) mass is 251 g/mol. The molecule has 78 valence electrons. The highest BCUT2D eigenvalue weighted by Crippen LogP contribution is 2.06. The second kappa shape index (κ2) is 6.24. The quantitative estimate of drug-likeness (QED) is 0.720. The number of rotatable bonds is 4. The van der Waals surface area contributed by atoms with Gasteiger partial charge in [-0.05, 0) is 27.2 Å². The highest BCUT2D eigenvalue weighted by molar-refractivity contribution is 9.09. The van der Waals surface area contributed by atoms with Gasteiger partial charge in [-0.3, -0.25) is 0 Å². The first kappa shape index (κ1) is 12.8. The Morgan fingerprint density at radius 3 is 2.38 bits per heavy atom. The summed E-state index contributed by atoms with van der Waals surface area (Å²) in [7, 11) is 1.76. The second-order valence-electron chi connectivity index (χ2n) is 3.37. The Morgan fingerprint density at radius 1 is 1.46 bits per heavy atom. The Kier molecular flexibility index (Phi) is 6.12. The van der Waals surface area contributed by atoms with Crippen LogP contribution in [-0.2, 0) is 4.74 Å². The standard InChI is InChI=1S/C9H18BrNO2/c1-7(2)13-9(12)11(4)8(3)5-6-10/h7-8H,5-6H2,1-4H3. The highest BCUT2D eigenvalue weighted by atomic mass is 79.9. The molecule has 0 fully saturated rings. The van der Waals surface area contributed by atoms with Crippen LogP contribution in [0.2, 0.25) is 0 Å². The van der Waals surface area contributed by atoms with Gasteiger partial charge in [0.2, 0.25) is 0 Å². The molecule has 0 aliphatic rings. The van der Waals surface area contributed by atoms with E-state index in [0.717, 1.165) is 11.8 Å². The summed E-state index contributed by atoms with van der Waals surface area (Å²) in [5, 5.41) is 0.896. The first-order valence-corrected chi connectivity index (χ1v) is 5.60. The summed E-state index contributed by atoms with van der Waals surface area (Å²) in [6.45, 7) is 5.70. The third kappa shape index (κ3) is 5.13. The van der Waals surface area contributed by atoms with E-state index in [1.807, 2.05) is 20.8 Å². The van der Waals surface area contributed by atoms with Gasteiger partial charge >= 0.3 is 6.09 Å². The molecule has 0 saturated heterocycles. The van der Waals surface area contributed by atoms with E-state index < -0.39 is 0 Å². The molecule has 1 atom stereocenters. The zero-order chi connectivity index (χ0) is 10.4. The number of carbonyl (C=O) groups excluding carboxylic acids is 1. The van der Waals surface area contributed by atoms with Crippen LogP contribution < -0.4 is 0 Å². The Bertz CT molecular complexity index is 162. The van der Waals surface area contributed by atoms with Crippen molar-refractivity contribution in [1.82, 2.24) is 4.90 Å². The van der Waals surface area contributed by atoms with Gasteiger partial charge in [0.05, 0.1) is 6.10 Å². The summed E-state index contributed by atoms with van der Waals surface area (Å²) in [6.07, 6.45) is 0.638. The Labute approximate surface area is 88.6 Å². The van der Waals surface area contributed by atoms with Crippen LogP contribution in [0.4, 0.5) is 4.79 Å². The smallest absolute Gasteiger partial charge is 0.409 e. The van der Waals surface area contributed by atoms with Crippen LogP contribution in [0.5, 0.6) is 0 Å². The van der Waals surface area contributed by atoms with E-state index in [4.69, 9.17) is 4.74 Å². The number of hydrogen-bond acceptors (Lipinski definition) is 2. The fraction of sp³-hybridized carbons (Fsp3) is 0.889. The predicted octanol–water partition coefficient (Wildman–Crippen LogP) is 2.64. The average molecular weight is 252 g/mol. The first-order valence-electron chi connectivity index (χ1n) is 4.48. The molecule has 0 rings (SSSR count). The zero-order valence-corrected chi connectivity index (χ0v) is 10.3. The van der Waals surface area contributed by atoms with Crippen LogP contribution in [0, 0.1) is 0 Å². The number of amides is 1. The minimum atomic E-state index is -0.247. The number of nitrogens with zero attached hydrogens (tertiary/aromatic N) is 1. The summed E-state index contributed by atoms with van der Waals surface area (Å²) < 4.78 is 5.05. The lowest BCUT2D eigenvalue weighted by molar-refractivity contribution is 0.0742. The van der Waals surface area contributed by atoms with Gasteiger partial charge in [-0.15, -0.1) is 0 Å². The molecule has 0 heterocycles. The lowest BCUT2D eigenvalue weighted by Gasteiger charge is -2.24. The SMILES string of the molecule is CC(C)OC(=O)N(C)C(C)CCBr. The normalized spacial score (nSPS) is 12.8. The van der Waals surface area contributed by atoms with Crippen molar-refractivity contribution in [3.8, 4) is 0 Å². The summed E-state index contributed by atoms with van der Waals surface area (Å²) in [6, 6.07) is 0.214. The van der Waals surface area contributed by atoms with Gasteiger partial charge < -0.3 is 9.64 Å². The fourth-order valence-electron chi connectivity index (χ4n) is 0.816. The van der Waals surface area contributed by atoms with Gasteiger partial charge in [-0.25, -0.2) is 4.79 Å². The molecule has 13 heavy (non-hydrogen) atoms. The molecule has 0 aromatic heterocycles. The second-order valence-corrected chi connectivity index (χ2v) is 4.16. The van der Waals surface area contributed by atoms with Crippen molar-refractivity contribution in [2.75, 3.05) is 12.4 Å². The van der Waals surface area contributed by atoms with Crippen LogP contribution >= 0.6 is 15.9 Å². The third-order valence-electron chi connectivity index (χ3n) is 1.81. The molecule has 0 aromatic rings. The van der Waals surface area contributed by atoms with Gasteiger partial charge in [0, 0.05) is 18.4 Å². The predicted molar refractivity (Wildman–Crippen MR) is 57.3 cm³/mol. The minimum absolute atomic E-state index is 0.0499. The van der Waals surface area contributed by atoms with E-state index in [2.05, 4.69) is 15.9 Å². The van der Waals surface area contributed by atoms with Crippen LogP contribution in [0.25, 0.3) is 0 Å². The maximum Gasteiger partial charge on any atom is 0.409 e. The molecule has 0 aromatic carbocycles. The van der Waals surface area contributed by atoms with E-state index in [1.54, 1.807) is 11.9 Å². The summed E-state index contributed by atoms with van der Waals surface area (Å²) in [5.41, 5.74) is 0. The van der Waals surface area contributed by atoms with Crippen molar-refractivity contribution in [1.29, 1.82) is 0 Å². The third-order valence-corrected chi connectivity index (χ3v) is 2.27. The van der Waals surface area contributed by atoms with Crippen molar-refractivity contribution in [2.45, 2.75) is 39.3 Å². The van der Waals surface area contributed by atoms with Gasteiger partial charge in [-0.2, -0.15) is 0 Å². The molecule has 0 aliphatic heterocycles. The molecule has 4 heteroatoms.